The van der Waals surface area contributed by atoms with E-state index in [1.807, 2.05) is 25.3 Å². The highest BCUT2D eigenvalue weighted by molar-refractivity contribution is 5.87. The van der Waals surface area contributed by atoms with E-state index in [1.165, 1.54) is 0 Å². The van der Waals surface area contributed by atoms with Gasteiger partial charge in [0.25, 0.3) is 0 Å². The fraction of sp³-hybridized carbons (Fsp3) is 0.667. The van der Waals surface area contributed by atoms with Crippen molar-refractivity contribution in [2.75, 3.05) is 0 Å². The van der Waals surface area contributed by atoms with Gasteiger partial charge in [-0.25, -0.2) is 9.78 Å². The van der Waals surface area contributed by atoms with Gasteiger partial charge in [-0.05, 0) is 19.3 Å². The monoisotopic (exact) mass is 237 g/mol. The maximum Gasteiger partial charge on any atom is 0.356 e. The van der Waals surface area contributed by atoms with Crippen molar-refractivity contribution in [3.63, 3.8) is 0 Å². The van der Waals surface area contributed by atoms with Crippen LogP contribution in [0, 0.1) is 0 Å². The molecular formula is C12H19N3O2. The van der Waals surface area contributed by atoms with E-state index in [0.29, 0.717) is 0 Å². The molecule has 0 fully saturated rings. The number of carboxylic acids is 1. The van der Waals surface area contributed by atoms with Crippen LogP contribution in [-0.4, -0.2) is 20.6 Å². The Morgan fingerprint density at radius 2 is 2.18 bits per heavy atom. The molecule has 1 aliphatic rings. The molecule has 1 unspecified atom stereocenters. The van der Waals surface area contributed by atoms with Gasteiger partial charge in [-0.1, -0.05) is 20.8 Å². The lowest BCUT2D eigenvalue weighted by atomic mass is 9.95. The lowest BCUT2D eigenvalue weighted by molar-refractivity contribution is 0.0689. The average molecular weight is 237 g/mol. The van der Waals surface area contributed by atoms with Crippen molar-refractivity contribution in [3.05, 3.63) is 17.2 Å². The molecule has 1 aromatic rings. The zero-order valence-corrected chi connectivity index (χ0v) is 10.5. The van der Waals surface area contributed by atoms with Crippen molar-refractivity contribution in [3.8, 4) is 0 Å². The normalized spacial score (nSPS) is 20.1. The van der Waals surface area contributed by atoms with Crippen molar-refractivity contribution >= 4 is 5.97 Å². The summed E-state index contributed by atoms with van der Waals surface area (Å²) in [5, 5.41) is 9.19. The maximum atomic E-state index is 11.2. The van der Waals surface area contributed by atoms with Crippen LogP contribution in [0.5, 0.6) is 0 Å². The van der Waals surface area contributed by atoms with Crippen LogP contribution in [0.25, 0.3) is 0 Å². The minimum absolute atomic E-state index is 0.145. The highest BCUT2D eigenvalue weighted by atomic mass is 16.4. The minimum Gasteiger partial charge on any atom is -0.476 e. The molecule has 0 spiro atoms. The quantitative estimate of drug-likeness (QED) is 0.778. The number of nitrogens with zero attached hydrogens (tertiary/aromatic N) is 2. The third-order valence-electron chi connectivity index (χ3n) is 3.13. The van der Waals surface area contributed by atoms with Gasteiger partial charge in [0.2, 0.25) is 0 Å². The van der Waals surface area contributed by atoms with E-state index in [-0.39, 0.29) is 17.3 Å². The van der Waals surface area contributed by atoms with Gasteiger partial charge >= 0.3 is 5.97 Å². The molecule has 5 nitrogen and oxygen atoms in total. The zero-order chi connectivity index (χ0) is 12.8. The fourth-order valence-corrected chi connectivity index (χ4v) is 2.37. The lowest BCUT2D eigenvalue weighted by Crippen LogP contribution is -2.30. The lowest BCUT2D eigenvalue weighted by Gasteiger charge is -2.28. The molecule has 0 amide bonds. The van der Waals surface area contributed by atoms with Gasteiger partial charge in [-0.3, -0.25) is 0 Å². The number of carboxylic acid groups (broad SMARTS) is 1. The second-order valence-corrected chi connectivity index (χ2v) is 5.62. The van der Waals surface area contributed by atoms with Crippen LogP contribution in [0.15, 0.2) is 0 Å². The van der Waals surface area contributed by atoms with Crippen LogP contribution in [-0.2, 0) is 11.8 Å². The SMILES string of the molecule is CC(C)(C)c1nc(C(=O)O)c2n1C(N)CCC2. The smallest absolute Gasteiger partial charge is 0.356 e. The number of hydrogen-bond acceptors (Lipinski definition) is 3. The third-order valence-corrected chi connectivity index (χ3v) is 3.13. The summed E-state index contributed by atoms with van der Waals surface area (Å²) in [4.78, 5) is 15.5. The van der Waals surface area contributed by atoms with Crippen LogP contribution in [0.3, 0.4) is 0 Å². The number of carbonyl (C=O) groups is 1. The van der Waals surface area contributed by atoms with E-state index >= 15 is 0 Å². The van der Waals surface area contributed by atoms with Gasteiger partial charge in [0, 0.05) is 5.41 Å². The van der Waals surface area contributed by atoms with Gasteiger partial charge in [0.1, 0.15) is 5.82 Å². The Kier molecular flexibility index (Phi) is 2.73. The molecule has 0 bridgehead atoms. The molecule has 5 heteroatoms. The Morgan fingerprint density at radius 1 is 1.53 bits per heavy atom. The number of aromatic nitrogens is 2. The van der Waals surface area contributed by atoms with Crippen LogP contribution in [0.2, 0.25) is 0 Å². The Morgan fingerprint density at radius 3 is 2.71 bits per heavy atom. The van der Waals surface area contributed by atoms with Crippen molar-refractivity contribution < 1.29 is 9.90 Å². The number of nitrogens with two attached hydrogens (primary N) is 1. The van der Waals surface area contributed by atoms with Crippen molar-refractivity contribution in [2.24, 2.45) is 5.73 Å². The van der Waals surface area contributed by atoms with Crippen LogP contribution < -0.4 is 5.73 Å². The molecule has 0 radical (unpaired) electrons. The molecular weight excluding hydrogens is 218 g/mol. The molecule has 0 aromatic carbocycles. The van der Waals surface area contributed by atoms with E-state index < -0.39 is 5.97 Å². The molecule has 0 saturated carbocycles. The second-order valence-electron chi connectivity index (χ2n) is 5.62. The van der Waals surface area contributed by atoms with E-state index in [1.54, 1.807) is 0 Å². The number of hydrogen-bond donors (Lipinski definition) is 2. The Labute approximate surface area is 101 Å². The second kappa shape index (κ2) is 3.84. The van der Waals surface area contributed by atoms with Gasteiger partial charge in [-0.2, -0.15) is 0 Å². The number of aromatic carboxylic acids is 1. The first kappa shape index (κ1) is 12.1. The largest absolute Gasteiger partial charge is 0.476 e. The topological polar surface area (TPSA) is 81.1 Å². The summed E-state index contributed by atoms with van der Waals surface area (Å²) in [6.45, 7) is 6.07. The standard InChI is InChI=1S/C12H19N3O2/c1-12(2,3)11-14-9(10(16)17)7-5-4-6-8(13)15(7)11/h8H,4-6,13H2,1-3H3,(H,16,17). The molecule has 0 saturated heterocycles. The predicted molar refractivity (Wildman–Crippen MR) is 64.0 cm³/mol. The molecule has 0 aliphatic carbocycles. The summed E-state index contributed by atoms with van der Waals surface area (Å²) in [5.74, 6) is -0.185. The highest BCUT2D eigenvalue weighted by Crippen LogP contribution is 2.31. The van der Waals surface area contributed by atoms with E-state index in [9.17, 15) is 9.90 Å². The first-order valence-corrected chi connectivity index (χ1v) is 5.93. The predicted octanol–water partition coefficient (Wildman–Crippen LogP) is 1.67. The molecule has 1 atom stereocenters. The van der Waals surface area contributed by atoms with Crippen molar-refractivity contribution in [1.82, 2.24) is 9.55 Å². The molecule has 1 aliphatic heterocycles. The van der Waals surface area contributed by atoms with Gasteiger partial charge in [0.15, 0.2) is 5.69 Å². The summed E-state index contributed by atoms with van der Waals surface area (Å²) in [6.07, 6.45) is 2.41. The molecule has 1 aromatic heterocycles. The molecule has 2 heterocycles. The van der Waals surface area contributed by atoms with Gasteiger partial charge < -0.3 is 15.4 Å². The fourth-order valence-electron chi connectivity index (χ4n) is 2.37. The summed E-state index contributed by atoms with van der Waals surface area (Å²) >= 11 is 0. The first-order chi connectivity index (χ1) is 7.82. The highest BCUT2D eigenvalue weighted by Gasteiger charge is 2.32. The maximum absolute atomic E-state index is 11.2. The zero-order valence-electron chi connectivity index (χ0n) is 10.5. The summed E-state index contributed by atoms with van der Waals surface area (Å²) < 4.78 is 1.92. The van der Waals surface area contributed by atoms with Crippen LogP contribution in [0.1, 0.15) is 61.8 Å². The van der Waals surface area contributed by atoms with Crippen LogP contribution >= 0.6 is 0 Å². The first-order valence-electron chi connectivity index (χ1n) is 5.93. The number of imidazole rings is 1. The summed E-state index contributed by atoms with van der Waals surface area (Å²) in [7, 11) is 0. The van der Waals surface area contributed by atoms with Gasteiger partial charge in [-0.15, -0.1) is 0 Å². The minimum atomic E-state index is -0.960. The Balaban J connectivity index is 2.65. The summed E-state index contributed by atoms with van der Waals surface area (Å²) in [6, 6.07) is 0. The molecule has 17 heavy (non-hydrogen) atoms. The van der Waals surface area contributed by atoms with Crippen molar-refractivity contribution in [1.29, 1.82) is 0 Å². The average Bonchev–Trinajstić information content (AvgIpc) is 2.57. The van der Waals surface area contributed by atoms with Gasteiger partial charge in [0.05, 0.1) is 11.9 Å². The molecule has 94 valence electrons. The van der Waals surface area contributed by atoms with E-state index in [2.05, 4.69) is 4.98 Å². The number of fused-ring (bicyclic) bond motifs is 1. The van der Waals surface area contributed by atoms with E-state index in [4.69, 9.17) is 5.73 Å². The molecule has 3 N–H and O–H groups in total. The number of rotatable bonds is 1. The summed E-state index contributed by atoms with van der Waals surface area (Å²) in [5.41, 5.74) is 6.84. The van der Waals surface area contributed by atoms with E-state index in [0.717, 1.165) is 30.8 Å². The van der Waals surface area contributed by atoms with Crippen molar-refractivity contribution in [2.45, 2.75) is 51.6 Å². The van der Waals surface area contributed by atoms with Crippen LogP contribution in [0.4, 0.5) is 0 Å². The third kappa shape index (κ3) is 1.95. The Bertz CT molecular complexity index is 457. The Hall–Kier alpha value is -1.36. The molecule has 2 rings (SSSR count).